The molecule has 0 heteroatoms. The molecule has 1 aliphatic carbocycles. The van der Waals surface area contributed by atoms with Gasteiger partial charge in [0, 0.05) is 5.41 Å². The Kier molecular flexibility index (Phi) is 7.00. The monoisotopic (exact) mass is 698 g/mol. The van der Waals surface area contributed by atoms with Crippen LogP contribution in [0.5, 0.6) is 0 Å². The maximum Gasteiger partial charge on any atom is 0.0159 e. The lowest BCUT2D eigenvalue weighted by Crippen LogP contribution is -2.15. The third kappa shape index (κ3) is 4.78. The van der Waals surface area contributed by atoms with Gasteiger partial charge in [-0.3, -0.25) is 0 Å². The first-order valence-corrected chi connectivity index (χ1v) is 19.4. The van der Waals surface area contributed by atoms with Crippen LogP contribution in [0.3, 0.4) is 0 Å². The van der Waals surface area contributed by atoms with Crippen LogP contribution in [0.2, 0.25) is 0 Å². The molecule has 0 atom stereocenters. The molecule has 0 fully saturated rings. The highest BCUT2D eigenvalue weighted by Crippen LogP contribution is 2.53. The second-order valence-electron chi connectivity index (χ2n) is 15.6. The van der Waals surface area contributed by atoms with Gasteiger partial charge in [-0.05, 0) is 122 Å². The molecule has 55 heavy (non-hydrogen) atoms. The van der Waals surface area contributed by atoms with Crippen molar-refractivity contribution < 1.29 is 0 Å². The summed E-state index contributed by atoms with van der Waals surface area (Å²) in [5.41, 5.74) is 15.4. The van der Waals surface area contributed by atoms with E-state index in [9.17, 15) is 0 Å². The molecule has 0 N–H and O–H groups in total. The summed E-state index contributed by atoms with van der Waals surface area (Å²) in [4.78, 5) is 0. The molecule has 0 radical (unpaired) electrons. The molecular formula is C55H38. The van der Waals surface area contributed by atoms with Gasteiger partial charge >= 0.3 is 0 Å². The summed E-state index contributed by atoms with van der Waals surface area (Å²) < 4.78 is 0. The molecule has 0 heterocycles. The summed E-state index contributed by atoms with van der Waals surface area (Å²) in [7, 11) is 0. The minimum atomic E-state index is -0.114. The standard InChI is InChI=1S/C55H38/c1-55(2)49-32-28-37-18-9-11-21-42(37)53(49)46-30-26-39(34-50(46)55)41-29-27-40(33-48(41)35-15-5-3-6-16-35)52-45-24-14-13-23-44(45)51(38-19-7-4-8-20-38)47-31-25-36-17-10-12-22-43(36)54(47)52/h3-34H,1-2H3. The lowest BCUT2D eigenvalue weighted by molar-refractivity contribution is 0.661. The van der Waals surface area contributed by atoms with Crippen LogP contribution in [-0.2, 0) is 5.41 Å². The van der Waals surface area contributed by atoms with Crippen LogP contribution < -0.4 is 0 Å². The fraction of sp³-hybridized carbons (Fsp3) is 0.0545. The molecule has 10 aromatic rings. The summed E-state index contributed by atoms with van der Waals surface area (Å²) in [6.45, 7) is 4.77. The summed E-state index contributed by atoms with van der Waals surface area (Å²) in [6.07, 6.45) is 0. The number of hydrogen-bond donors (Lipinski definition) is 0. The lowest BCUT2D eigenvalue weighted by Gasteiger charge is -2.23. The Labute approximate surface area is 322 Å². The van der Waals surface area contributed by atoms with Gasteiger partial charge in [0.25, 0.3) is 0 Å². The van der Waals surface area contributed by atoms with Crippen LogP contribution in [-0.4, -0.2) is 0 Å². The Morgan fingerprint density at radius 1 is 0.291 bits per heavy atom. The molecule has 0 spiro atoms. The molecule has 0 saturated carbocycles. The zero-order chi connectivity index (χ0) is 36.7. The SMILES string of the molecule is CC1(C)c2cc(-c3ccc(-c4c5ccccc5c(-c5ccccc5)c5ccc6ccccc6c45)cc3-c3ccccc3)ccc2-c2c1ccc1ccccc21. The molecule has 0 saturated heterocycles. The van der Waals surface area contributed by atoms with Gasteiger partial charge in [0.05, 0.1) is 0 Å². The Morgan fingerprint density at radius 3 is 1.60 bits per heavy atom. The molecule has 10 aromatic carbocycles. The van der Waals surface area contributed by atoms with E-state index >= 15 is 0 Å². The predicted octanol–water partition coefficient (Wildman–Crippen LogP) is 15.3. The van der Waals surface area contributed by atoms with Crippen molar-refractivity contribution >= 4 is 43.1 Å². The number of fused-ring (bicyclic) bond motifs is 9. The summed E-state index contributed by atoms with van der Waals surface area (Å²) >= 11 is 0. The van der Waals surface area contributed by atoms with E-state index in [0.29, 0.717) is 0 Å². The summed E-state index contributed by atoms with van der Waals surface area (Å²) in [5.74, 6) is 0. The molecule has 11 rings (SSSR count). The van der Waals surface area contributed by atoms with E-state index in [1.807, 2.05) is 0 Å². The summed E-state index contributed by atoms with van der Waals surface area (Å²) in [6, 6.07) is 72.2. The van der Waals surface area contributed by atoms with Crippen LogP contribution in [0.1, 0.15) is 25.0 Å². The normalized spacial score (nSPS) is 13.1. The third-order valence-corrected chi connectivity index (χ3v) is 12.2. The lowest BCUT2D eigenvalue weighted by atomic mass is 9.80. The molecule has 258 valence electrons. The largest absolute Gasteiger partial charge is 0.0622 e. The minimum absolute atomic E-state index is 0.114. The van der Waals surface area contributed by atoms with Crippen LogP contribution in [0.15, 0.2) is 194 Å². The van der Waals surface area contributed by atoms with Crippen molar-refractivity contribution in [2.45, 2.75) is 19.3 Å². The van der Waals surface area contributed by atoms with Crippen molar-refractivity contribution in [3.8, 4) is 55.6 Å². The van der Waals surface area contributed by atoms with Gasteiger partial charge in [-0.25, -0.2) is 0 Å². The predicted molar refractivity (Wildman–Crippen MR) is 236 cm³/mol. The quantitative estimate of drug-likeness (QED) is 0.127. The minimum Gasteiger partial charge on any atom is -0.0622 e. The molecule has 0 aliphatic heterocycles. The maximum absolute atomic E-state index is 2.47. The van der Waals surface area contributed by atoms with Crippen LogP contribution in [0.4, 0.5) is 0 Å². The van der Waals surface area contributed by atoms with Crippen molar-refractivity contribution in [2.75, 3.05) is 0 Å². The van der Waals surface area contributed by atoms with Gasteiger partial charge in [-0.1, -0.05) is 196 Å². The van der Waals surface area contributed by atoms with Crippen molar-refractivity contribution in [1.82, 2.24) is 0 Å². The van der Waals surface area contributed by atoms with Crippen molar-refractivity contribution in [3.63, 3.8) is 0 Å². The Morgan fingerprint density at radius 2 is 0.855 bits per heavy atom. The van der Waals surface area contributed by atoms with Crippen molar-refractivity contribution in [2.24, 2.45) is 0 Å². The van der Waals surface area contributed by atoms with Crippen molar-refractivity contribution in [3.05, 3.63) is 205 Å². The average Bonchev–Trinajstić information content (AvgIpc) is 3.48. The maximum atomic E-state index is 2.47. The molecule has 0 nitrogen and oxygen atoms in total. The fourth-order valence-electron chi connectivity index (χ4n) is 9.65. The molecule has 0 aromatic heterocycles. The molecule has 0 amide bonds. The van der Waals surface area contributed by atoms with Gasteiger partial charge in [-0.15, -0.1) is 0 Å². The van der Waals surface area contributed by atoms with E-state index in [1.54, 1.807) is 0 Å². The first kappa shape index (κ1) is 31.7. The third-order valence-electron chi connectivity index (χ3n) is 12.2. The van der Waals surface area contributed by atoms with Gasteiger partial charge < -0.3 is 0 Å². The van der Waals surface area contributed by atoms with Crippen LogP contribution in [0, 0.1) is 0 Å². The Hall–Kier alpha value is -6.76. The Bertz CT molecular complexity index is 3150. The second kappa shape index (κ2) is 12.1. The van der Waals surface area contributed by atoms with E-state index < -0.39 is 0 Å². The van der Waals surface area contributed by atoms with E-state index in [2.05, 4.69) is 208 Å². The van der Waals surface area contributed by atoms with Crippen LogP contribution in [0.25, 0.3) is 98.7 Å². The molecule has 1 aliphatic rings. The fourth-order valence-corrected chi connectivity index (χ4v) is 9.65. The van der Waals surface area contributed by atoms with E-state index in [1.165, 1.54) is 110 Å². The van der Waals surface area contributed by atoms with Crippen molar-refractivity contribution in [1.29, 1.82) is 0 Å². The smallest absolute Gasteiger partial charge is 0.0159 e. The average molecular weight is 699 g/mol. The number of rotatable bonds is 4. The first-order valence-electron chi connectivity index (χ1n) is 19.4. The second-order valence-corrected chi connectivity index (χ2v) is 15.6. The van der Waals surface area contributed by atoms with E-state index in [4.69, 9.17) is 0 Å². The topological polar surface area (TPSA) is 0 Å². The summed E-state index contributed by atoms with van der Waals surface area (Å²) in [5, 5.41) is 10.3. The molecule has 0 bridgehead atoms. The van der Waals surface area contributed by atoms with Gasteiger partial charge in [0.15, 0.2) is 0 Å². The molecule has 0 unspecified atom stereocenters. The Balaban J connectivity index is 1.18. The van der Waals surface area contributed by atoms with Gasteiger partial charge in [0.2, 0.25) is 0 Å². The van der Waals surface area contributed by atoms with Crippen LogP contribution >= 0.6 is 0 Å². The van der Waals surface area contributed by atoms with E-state index in [0.717, 1.165) is 0 Å². The van der Waals surface area contributed by atoms with Gasteiger partial charge in [-0.2, -0.15) is 0 Å². The zero-order valence-corrected chi connectivity index (χ0v) is 31.0. The van der Waals surface area contributed by atoms with Gasteiger partial charge in [0.1, 0.15) is 0 Å². The van der Waals surface area contributed by atoms with E-state index in [-0.39, 0.29) is 5.41 Å². The zero-order valence-electron chi connectivity index (χ0n) is 31.0. The first-order chi connectivity index (χ1) is 27.1. The highest BCUT2D eigenvalue weighted by molar-refractivity contribution is 6.28. The number of benzene rings is 10. The molecular weight excluding hydrogens is 661 g/mol. The highest BCUT2D eigenvalue weighted by atomic mass is 14.4. The number of hydrogen-bond acceptors (Lipinski definition) is 0. The highest BCUT2D eigenvalue weighted by Gasteiger charge is 2.36.